The third kappa shape index (κ3) is 5.17. The summed E-state index contributed by atoms with van der Waals surface area (Å²) in [6, 6.07) is 10.9. The molecule has 0 radical (unpaired) electrons. The van der Waals surface area contributed by atoms with Crippen LogP contribution in [0.15, 0.2) is 30.3 Å². The van der Waals surface area contributed by atoms with E-state index >= 15 is 4.39 Å². The molecule has 3 fully saturated rings. The molecule has 2 aliphatic heterocycles. The molecule has 1 saturated carbocycles. The molecule has 2 heterocycles. The van der Waals surface area contributed by atoms with E-state index < -0.39 is 16.7 Å². The van der Waals surface area contributed by atoms with Crippen molar-refractivity contribution < 1.29 is 8.60 Å². The van der Waals surface area contributed by atoms with E-state index in [4.69, 9.17) is 0 Å². The highest BCUT2D eigenvalue weighted by molar-refractivity contribution is 7.82. The van der Waals surface area contributed by atoms with E-state index in [0.717, 1.165) is 38.1 Å². The zero-order valence-electron chi connectivity index (χ0n) is 16.0. The summed E-state index contributed by atoms with van der Waals surface area (Å²) in [5, 5.41) is 6.80. The second-order valence-corrected chi connectivity index (χ2v) is 9.99. The van der Waals surface area contributed by atoms with Crippen molar-refractivity contribution in [3.63, 3.8) is 0 Å². The normalized spacial score (nSPS) is 30.1. The standard InChI is InChI=1S/C21H32FN3OS/c22-21(16-24-20-14-19(20)18-4-2-1-3-5-18)8-12-25(13-9-21)27(26)15-17-6-10-23-11-7-17/h1-5,17,19-20,23-24H,6-16H2. The summed E-state index contributed by atoms with van der Waals surface area (Å²) in [4.78, 5) is 0. The lowest BCUT2D eigenvalue weighted by molar-refractivity contribution is 0.0886. The first kappa shape index (κ1) is 19.5. The van der Waals surface area contributed by atoms with Gasteiger partial charge in [-0.25, -0.2) is 12.9 Å². The Labute approximate surface area is 164 Å². The Hall–Kier alpha value is -0.820. The Morgan fingerprint density at radius 3 is 2.59 bits per heavy atom. The molecule has 4 nitrogen and oxygen atoms in total. The highest BCUT2D eigenvalue weighted by Gasteiger charge is 2.42. The number of nitrogens with one attached hydrogen (secondary N) is 2. The molecule has 150 valence electrons. The molecule has 2 N–H and O–H groups in total. The number of hydrogen-bond donors (Lipinski definition) is 2. The summed E-state index contributed by atoms with van der Waals surface area (Å²) in [5.41, 5.74) is 0.199. The van der Waals surface area contributed by atoms with Gasteiger partial charge in [0.1, 0.15) is 5.67 Å². The van der Waals surface area contributed by atoms with Crippen molar-refractivity contribution >= 4 is 11.0 Å². The van der Waals surface area contributed by atoms with Gasteiger partial charge in [0, 0.05) is 37.3 Å². The van der Waals surface area contributed by atoms with E-state index in [1.54, 1.807) is 0 Å². The smallest absolute Gasteiger partial charge is 0.125 e. The quantitative estimate of drug-likeness (QED) is 0.748. The number of benzene rings is 1. The summed E-state index contributed by atoms with van der Waals surface area (Å²) in [6.45, 7) is 3.72. The molecule has 0 amide bonds. The van der Waals surface area contributed by atoms with Crippen LogP contribution in [0.4, 0.5) is 4.39 Å². The number of halogens is 1. The van der Waals surface area contributed by atoms with Gasteiger partial charge in [-0.3, -0.25) is 0 Å². The summed E-state index contributed by atoms with van der Waals surface area (Å²) < 4.78 is 29.8. The van der Waals surface area contributed by atoms with Crippen LogP contribution in [-0.2, 0) is 11.0 Å². The first-order chi connectivity index (χ1) is 13.1. The van der Waals surface area contributed by atoms with E-state index in [-0.39, 0.29) is 0 Å². The van der Waals surface area contributed by atoms with Crippen LogP contribution in [0.2, 0.25) is 0 Å². The van der Waals surface area contributed by atoms with Crippen LogP contribution < -0.4 is 10.6 Å². The van der Waals surface area contributed by atoms with E-state index in [2.05, 4.69) is 34.9 Å². The maximum Gasteiger partial charge on any atom is 0.125 e. The van der Waals surface area contributed by atoms with Gasteiger partial charge in [-0.2, -0.15) is 0 Å². The summed E-state index contributed by atoms with van der Waals surface area (Å²) in [7, 11) is -0.950. The zero-order valence-corrected chi connectivity index (χ0v) is 16.9. The molecule has 0 spiro atoms. The average molecular weight is 394 g/mol. The highest BCUT2D eigenvalue weighted by Crippen LogP contribution is 2.41. The molecule has 4 rings (SSSR count). The van der Waals surface area contributed by atoms with Crippen molar-refractivity contribution in [3.8, 4) is 0 Å². The second kappa shape index (κ2) is 8.68. The van der Waals surface area contributed by atoms with E-state index in [1.165, 1.54) is 5.56 Å². The molecule has 0 bridgehead atoms. The minimum Gasteiger partial charge on any atom is -0.317 e. The van der Waals surface area contributed by atoms with Crippen LogP contribution in [0, 0.1) is 5.92 Å². The Bertz CT molecular complexity index is 630. The van der Waals surface area contributed by atoms with Crippen molar-refractivity contribution in [2.45, 2.75) is 49.7 Å². The second-order valence-electron chi connectivity index (χ2n) is 8.50. The fraction of sp³-hybridized carbons (Fsp3) is 0.714. The molecule has 0 aromatic heterocycles. The number of nitrogens with zero attached hydrogens (tertiary/aromatic N) is 1. The molecular formula is C21H32FN3OS. The van der Waals surface area contributed by atoms with Crippen molar-refractivity contribution in [1.29, 1.82) is 0 Å². The predicted octanol–water partition coefficient (Wildman–Crippen LogP) is 2.60. The van der Waals surface area contributed by atoms with Crippen molar-refractivity contribution in [2.75, 3.05) is 38.5 Å². The molecule has 27 heavy (non-hydrogen) atoms. The van der Waals surface area contributed by atoms with E-state index in [0.29, 0.717) is 50.4 Å². The summed E-state index contributed by atoms with van der Waals surface area (Å²) in [5.74, 6) is 1.84. The molecule has 1 aromatic carbocycles. The van der Waals surface area contributed by atoms with Crippen LogP contribution >= 0.6 is 0 Å². The monoisotopic (exact) mass is 393 g/mol. The van der Waals surface area contributed by atoms with Gasteiger partial charge >= 0.3 is 0 Å². The molecule has 1 aromatic rings. The van der Waals surface area contributed by atoms with Gasteiger partial charge in [0.2, 0.25) is 0 Å². The average Bonchev–Trinajstić information content (AvgIpc) is 3.48. The topological polar surface area (TPSA) is 44.4 Å². The Morgan fingerprint density at radius 2 is 1.89 bits per heavy atom. The van der Waals surface area contributed by atoms with Crippen LogP contribution in [0.25, 0.3) is 0 Å². The van der Waals surface area contributed by atoms with Crippen LogP contribution in [0.3, 0.4) is 0 Å². The minimum atomic E-state index is -1.15. The highest BCUT2D eigenvalue weighted by atomic mass is 32.2. The van der Waals surface area contributed by atoms with Crippen molar-refractivity contribution in [2.24, 2.45) is 5.92 Å². The molecule has 3 unspecified atom stereocenters. The maximum absolute atomic E-state index is 15.2. The van der Waals surface area contributed by atoms with Crippen molar-refractivity contribution in [3.05, 3.63) is 35.9 Å². The first-order valence-corrected chi connectivity index (χ1v) is 11.7. The molecule has 2 saturated heterocycles. The molecule has 1 aliphatic carbocycles. The Morgan fingerprint density at radius 1 is 1.19 bits per heavy atom. The number of alkyl halides is 1. The zero-order chi connectivity index (χ0) is 18.7. The number of piperidine rings is 2. The third-order valence-electron chi connectivity index (χ3n) is 6.44. The van der Waals surface area contributed by atoms with Gasteiger partial charge in [-0.15, -0.1) is 0 Å². The predicted molar refractivity (Wildman–Crippen MR) is 109 cm³/mol. The molecular weight excluding hydrogens is 361 g/mol. The fourth-order valence-corrected chi connectivity index (χ4v) is 5.96. The van der Waals surface area contributed by atoms with Gasteiger partial charge in [-0.05, 0) is 56.7 Å². The lowest BCUT2D eigenvalue weighted by Crippen LogP contribution is -2.48. The largest absolute Gasteiger partial charge is 0.317 e. The summed E-state index contributed by atoms with van der Waals surface area (Å²) in [6.07, 6.45) is 4.30. The first-order valence-electron chi connectivity index (χ1n) is 10.4. The SMILES string of the molecule is O=S(CC1CCNCC1)N1CCC(F)(CNC2CC2c2ccccc2)CC1. The number of rotatable bonds is 7. The molecule has 6 heteroatoms. The van der Waals surface area contributed by atoms with E-state index in [9.17, 15) is 4.21 Å². The summed E-state index contributed by atoms with van der Waals surface area (Å²) >= 11 is 0. The van der Waals surface area contributed by atoms with Gasteiger partial charge in [0.05, 0.1) is 11.0 Å². The van der Waals surface area contributed by atoms with Gasteiger partial charge in [0.15, 0.2) is 0 Å². The lowest BCUT2D eigenvalue weighted by Gasteiger charge is -2.36. The maximum atomic E-state index is 15.2. The van der Waals surface area contributed by atoms with Gasteiger partial charge < -0.3 is 10.6 Å². The van der Waals surface area contributed by atoms with E-state index in [1.807, 2.05) is 10.4 Å². The molecule has 3 atom stereocenters. The molecule has 3 aliphatic rings. The third-order valence-corrected chi connectivity index (χ3v) is 8.14. The van der Waals surface area contributed by atoms with Crippen molar-refractivity contribution in [1.82, 2.24) is 14.9 Å². The van der Waals surface area contributed by atoms with Gasteiger partial charge in [0.25, 0.3) is 0 Å². The van der Waals surface area contributed by atoms with Crippen LogP contribution in [0.1, 0.15) is 43.6 Å². The minimum absolute atomic E-state index is 0.409. The fourth-order valence-electron chi connectivity index (χ4n) is 4.43. The lowest BCUT2D eigenvalue weighted by atomic mass is 9.94. The Balaban J connectivity index is 1.18. The van der Waals surface area contributed by atoms with Crippen LogP contribution in [-0.4, -0.2) is 58.7 Å². The Kier molecular flexibility index (Phi) is 6.27. The number of hydrogen-bond acceptors (Lipinski definition) is 3. The van der Waals surface area contributed by atoms with Crippen LogP contribution in [0.5, 0.6) is 0 Å². The van der Waals surface area contributed by atoms with Gasteiger partial charge in [-0.1, -0.05) is 30.3 Å².